The summed E-state index contributed by atoms with van der Waals surface area (Å²) in [5.41, 5.74) is 2.86. The monoisotopic (exact) mass is 374 g/mol. The Kier molecular flexibility index (Phi) is 7.76. The van der Waals surface area contributed by atoms with Crippen molar-refractivity contribution in [1.82, 2.24) is 9.97 Å². The van der Waals surface area contributed by atoms with Gasteiger partial charge in [-0.1, -0.05) is 6.92 Å². The first-order valence-corrected chi connectivity index (χ1v) is 9.59. The Labute approximate surface area is 161 Å². The molecule has 0 spiro atoms. The Hall–Kier alpha value is -2.44. The Morgan fingerprint density at radius 3 is 2.67 bits per heavy atom. The van der Waals surface area contributed by atoms with Crippen molar-refractivity contribution in [2.45, 2.75) is 46.5 Å². The third kappa shape index (κ3) is 5.28. The molecule has 1 aromatic rings. The van der Waals surface area contributed by atoms with Gasteiger partial charge < -0.3 is 14.4 Å². The van der Waals surface area contributed by atoms with Crippen LogP contribution in [0.15, 0.2) is 16.8 Å². The number of aryl methyl sites for hydroxylation is 1. The second kappa shape index (κ2) is 10.0. The van der Waals surface area contributed by atoms with Gasteiger partial charge in [-0.15, -0.1) is 0 Å². The van der Waals surface area contributed by atoms with Crippen LogP contribution >= 0.6 is 0 Å². The number of nitrogens with zero attached hydrogens (tertiary/aromatic N) is 4. The number of allylic oxidation sites excluding steroid dienone is 2. The van der Waals surface area contributed by atoms with Crippen LogP contribution in [0.3, 0.4) is 0 Å². The summed E-state index contributed by atoms with van der Waals surface area (Å²) >= 11 is 0. The van der Waals surface area contributed by atoms with Crippen LogP contribution in [0.1, 0.15) is 50.7 Å². The predicted octanol–water partition coefficient (Wildman–Crippen LogP) is 2.71. The molecule has 0 aromatic carbocycles. The molecule has 0 unspecified atom stereocenters. The van der Waals surface area contributed by atoms with Crippen molar-refractivity contribution < 1.29 is 14.3 Å². The number of methoxy groups -OCH3 is 1. The standard InChI is InChI=1S/C20H30N4O3/c1-6-14(26-5)12-17(21-7-2)19-22-16-11-9-10-15(16)20(23-19)24(4)13-18(25)27-8-3/h12H,6-11,13H2,1-5H3/b14-12+,21-17?. The second-order valence-electron chi connectivity index (χ2n) is 6.34. The molecule has 1 aromatic heterocycles. The molecule has 0 amide bonds. The molecular weight excluding hydrogens is 344 g/mol. The van der Waals surface area contributed by atoms with Crippen molar-refractivity contribution in [3.8, 4) is 0 Å². The van der Waals surface area contributed by atoms with Crippen LogP contribution in [0, 0.1) is 0 Å². The van der Waals surface area contributed by atoms with Crippen molar-refractivity contribution in [2.24, 2.45) is 4.99 Å². The number of aliphatic imine (C=N–C) groups is 1. The van der Waals surface area contributed by atoms with Crippen LogP contribution in [0.2, 0.25) is 0 Å². The van der Waals surface area contributed by atoms with E-state index in [2.05, 4.69) is 4.99 Å². The molecule has 1 aliphatic rings. The average Bonchev–Trinajstić information content (AvgIpc) is 3.13. The number of anilines is 1. The number of carbonyl (C=O) groups excluding carboxylic acids is 1. The van der Waals surface area contributed by atoms with Gasteiger partial charge in [-0.05, 0) is 33.1 Å². The second-order valence-corrected chi connectivity index (χ2v) is 6.34. The zero-order valence-electron chi connectivity index (χ0n) is 17.0. The van der Waals surface area contributed by atoms with E-state index in [1.165, 1.54) is 0 Å². The third-order valence-corrected chi connectivity index (χ3v) is 4.41. The van der Waals surface area contributed by atoms with Crippen LogP contribution in [0.25, 0.3) is 0 Å². The maximum atomic E-state index is 11.9. The molecule has 7 heteroatoms. The lowest BCUT2D eigenvalue weighted by Crippen LogP contribution is -2.29. The molecule has 148 valence electrons. The molecule has 2 rings (SSSR count). The molecule has 0 aliphatic heterocycles. The summed E-state index contributed by atoms with van der Waals surface area (Å²) in [6, 6.07) is 0. The highest BCUT2D eigenvalue weighted by Crippen LogP contribution is 2.28. The number of rotatable bonds is 9. The SMILES string of the molecule is CCN=C(/C=C(\CC)OC)c1nc2c(c(N(C)CC(=O)OCC)n1)CCC2. The Balaban J connectivity index is 2.45. The van der Waals surface area contributed by atoms with Gasteiger partial charge in [0, 0.05) is 37.3 Å². The lowest BCUT2D eigenvalue weighted by molar-refractivity contribution is -0.141. The zero-order chi connectivity index (χ0) is 19.8. The summed E-state index contributed by atoms with van der Waals surface area (Å²) in [6.45, 7) is 6.97. The number of hydrogen-bond acceptors (Lipinski definition) is 7. The van der Waals surface area contributed by atoms with Crippen molar-refractivity contribution in [3.63, 3.8) is 0 Å². The summed E-state index contributed by atoms with van der Waals surface area (Å²) in [6.07, 6.45) is 5.54. The first kappa shape index (κ1) is 20.9. The first-order chi connectivity index (χ1) is 13.0. The third-order valence-electron chi connectivity index (χ3n) is 4.41. The number of aromatic nitrogens is 2. The van der Waals surface area contributed by atoms with E-state index in [4.69, 9.17) is 19.4 Å². The van der Waals surface area contributed by atoms with E-state index in [-0.39, 0.29) is 12.5 Å². The largest absolute Gasteiger partial charge is 0.501 e. The highest BCUT2D eigenvalue weighted by atomic mass is 16.5. The lowest BCUT2D eigenvalue weighted by Gasteiger charge is -2.21. The number of ether oxygens (including phenoxy) is 2. The van der Waals surface area contributed by atoms with Crippen molar-refractivity contribution >= 4 is 17.5 Å². The minimum atomic E-state index is -0.262. The van der Waals surface area contributed by atoms with Gasteiger partial charge in [-0.3, -0.25) is 9.79 Å². The fraction of sp³-hybridized carbons (Fsp3) is 0.600. The van der Waals surface area contributed by atoms with Gasteiger partial charge in [-0.2, -0.15) is 0 Å². The van der Waals surface area contributed by atoms with E-state index < -0.39 is 0 Å². The van der Waals surface area contributed by atoms with Gasteiger partial charge in [0.25, 0.3) is 0 Å². The van der Waals surface area contributed by atoms with Crippen molar-refractivity contribution in [2.75, 3.05) is 38.8 Å². The van der Waals surface area contributed by atoms with Gasteiger partial charge in [-0.25, -0.2) is 9.97 Å². The molecule has 27 heavy (non-hydrogen) atoms. The van der Waals surface area contributed by atoms with E-state index in [0.29, 0.717) is 24.7 Å². The van der Waals surface area contributed by atoms with Crippen molar-refractivity contribution in [3.05, 3.63) is 28.9 Å². The number of hydrogen-bond donors (Lipinski definition) is 0. The Morgan fingerprint density at radius 1 is 1.26 bits per heavy atom. The molecule has 0 radical (unpaired) electrons. The summed E-state index contributed by atoms with van der Waals surface area (Å²) in [4.78, 5) is 27.9. The van der Waals surface area contributed by atoms with E-state index in [0.717, 1.165) is 48.5 Å². The quantitative estimate of drug-likeness (QED) is 0.376. The van der Waals surface area contributed by atoms with Crippen LogP contribution in [0.5, 0.6) is 0 Å². The minimum Gasteiger partial charge on any atom is -0.501 e. The van der Waals surface area contributed by atoms with E-state index in [1.54, 1.807) is 14.0 Å². The molecule has 1 aliphatic carbocycles. The number of esters is 1. The summed E-state index contributed by atoms with van der Waals surface area (Å²) in [5.74, 6) is 1.93. The molecular formula is C20H30N4O3. The number of fused-ring (bicyclic) bond motifs is 1. The normalized spacial score (nSPS) is 14.1. The van der Waals surface area contributed by atoms with Gasteiger partial charge >= 0.3 is 5.97 Å². The topological polar surface area (TPSA) is 76.9 Å². The van der Waals surface area contributed by atoms with Crippen LogP contribution < -0.4 is 4.90 Å². The average molecular weight is 374 g/mol. The summed E-state index contributed by atoms with van der Waals surface area (Å²) in [5, 5.41) is 0. The molecule has 1 heterocycles. The van der Waals surface area contributed by atoms with E-state index >= 15 is 0 Å². The fourth-order valence-corrected chi connectivity index (χ4v) is 3.13. The van der Waals surface area contributed by atoms with Crippen molar-refractivity contribution in [1.29, 1.82) is 0 Å². The summed E-state index contributed by atoms with van der Waals surface area (Å²) < 4.78 is 10.5. The number of carbonyl (C=O) groups is 1. The highest BCUT2D eigenvalue weighted by molar-refractivity contribution is 6.06. The predicted molar refractivity (Wildman–Crippen MR) is 106 cm³/mol. The van der Waals surface area contributed by atoms with Crippen LogP contribution in [-0.2, 0) is 27.1 Å². The molecule has 7 nitrogen and oxygen atoms in total. The van der Waals surface area contributed by atoms with Crippen LogP contribution in [-0.4, -0.2) is 55.5 Å². The molecule has 0 N–H and O–H groups in total. The lowest BCUT2D eigenvalue weighted by atomic mass is 10.2. The molecule has 0 fully saturated rings. The molecule has 0 saturated heterocycles. The van der Waals surface area contributed by atoms with Crippen LogP contribution in [0.4, 0.5) is 5.82 Å². The summed E-state index contributed by atoms with van der Waals surface area (Å²) in [7, 11) is 3.52. The van der Waals surface area contributed by atoms with Gasteiger partial charge in [0.05, 0.1) is 19.5 Å². The Bertz CT molecular complexity index is 722. The smallest absolute Gasteiger partial charge is 0.325 e. The maximum absolute atomic E-state index is 11.9. The molecule has 0 saturated carbocycles. The van der Waals surface area contributed by atoms with Gasteiger partial charge in [0.2, 0.25) is 0 Å². The molecule has 0 atom stereocenters. The highest BCUT2D eigenvalue weighted by Gasteiger charge is 2.24. The minimum absolute atomic E-state index is 0.158. The fourth-order valence-electron chi connectivity index (χ4n) is 3.13. The first-order valence-electron chi connectivity index (χ1n) is 9.59. The number of likely N-dealkylation sites (N-methyl/N-ethyl adjacent to an activating group) is 1. The zero-order valence-corrected chi connectivity index (χ0v) is 17.0. The Morgan fingerprint density at radius 2 is 2.04 bits per heavy atom. The molecule has 0 bridgehead atoms. The maximum Gasteiger partial charge on any atom is 0.325 e. The van der Waals surface area contributed by atoms with E-state index in [1.807, 2.05) is 31.9 Å². The van der Waals surface area contributed by atoms with Gasteiger partial charge in [0.15, 0.2) is 5.82 Å². The van der Waals surface area contributed by atoms with Gasteiger partial charge in [0.1, 0.15) is 18.1 Å². The van der Waals surface area contributed by atoms with E-state index in [9.17, 15) is 4.79 Å².